The van der Waals surface area contributed by atoms with Crippen LogP contribution in [-0.4, -0.2) is 19.6 Å². The molecule has 0 radical (unpaired) electrons. The number of hydrogen-bond donors (Lipinski definition) is 0. The average molecular weight is 367 g/mol. The van der Waals surface area contributed by atoms with Crippen molar-refractivity contribution in [2.45, 2.75) is 13.5 Å². The summed E-state index contributed by atoms with van der Waals surface area (Å²) in [6.07, 6.45) is 0. The zero-order valence-corrected chi connectivity index (χ0v) is 15.7. The summed E-state index contributed by atoms with van der Waals surface area (Å²) in [5.41, 5.74) is 1.34. The minimum absolute atomic E-state index is 0.101. The molecule has 1 heterocycles. The van der Waals surface area contributed by atoms with Crippen LogP contribution in [0.25, 0.3) is 0 Å². The first kappa shape index (κ1) is 18.0. The van der Waals surface area contributed by atoms with Crippen molar-refractivity contribution in [3.05, 3.63) is 76.5 Å². The summed E-state index contributed by atoms with van der Waals surface area (Å²) < 4.78 is 11.0. The minimum Gasteiger partial charge on any atom is -0.497 e. The molecule has 3 rings (SSSR count). The highest BCUT2D eigenvalue weighted by atomic mass is 32.1. The van der Waals surface area contributed by atoms with Crippen LogP contribution in [0, 0.1) is 0 Å². The van der Waals surface area contributed by atoms with Crippen molar-refractivity contribution in [1.82, 2.24) is 0 Å². The van der Waals surface area contributed by atoms with Crippen LogP contribution in [0.2, 0.25) is 0 Å². The Bertz CT molecular complexity index is 861. The standard InChI is InChI=1S/C21H21NO3S/c1-3-25-20-12-5-4-11-19(20)21(23)22(15-18-10-7-13-26-18)16-8-6-9-17(14-16)24-2/h4-14H,3,15H2,1-2H3. The van der Waals surface area contributed by atoms with Gasteiger partial charge in [0.05, 0.1) is 25.8 Å². The Labute approximate surface area is 157 Å². The molecule has 0 bridgehead atoms. The average Bonchev–Trinajstić information content (AvgIpc) is 3.20. The number of nitrogens with zero attached hydrogens (tertiary/aromatic N) is 1. The molecule has 3 aromatic rings. The van der Waals surface area contributed by atoms with Crippen molar-refractivity contribution in [1.29, 1.82) is 0 Å². The molecule has 0 unspecified atom stereocenters. The number of hydrogen-bond acceptors (Lipinski definition) is 4. The van der Waals surface area contributed by atoms with Gasteiger partial charge in [-0.1, -0.05) is 24.3 Å². The third-order valence-electron chi connectivity index (χ3n) is 3.92. The van der Waals surface area contributed by atoms with Crippen molar-refractivity contribution < 1.29 is 14.3 Å². The zero-order chi connectivity index (χ0) is 18.4. The molecule has 26 heavy (non-hydrogen) atoms. The van der Waals surface area contributed by atoms with Crippen molar-refractivity contribution in [3.8, 4) is 11.5 Å². The second kappa shape index (κ2) is 8.54. The van der Waals surface area contributed by atoms with Gasteiger partial charge in [0.1, 0.15) is 11.5 Å². The van der Waals surface area contributed by atoms with Crippen molar-refractivity contribution in [2.75, 3.05) is 18.6 Å². The van der Waals surface area contributed by atoms with Crippen molar-refractivity contribution in [2.24, 2.45) is 0 Å². The molecule has 0 N–H and O–H groups in total. The van der Waals surface area contributed by atoms with Gasteiger partial charge >= 0.3 is 0 Å². The van der Waals surface area contributed by atoms with Gasteiger partial charge in [-0.3, -0.25) is 4.79 Å². The number of anilines is 1. The summed E-state index contributed by atoms with van der Waals surface area (Å²) >= 11 is 1.63. The molecular weight excluding hydrogens is 346 g/mol. The van der Waals surface area contributed by atoms with Crippen molar-refractivity contribution >= 4 is 22.9 Å². The fourth-order valence-corrected chi connectivity index (χ4v) is 3.38. The largest absolute Gasteiger partial charge is 0.497 e. The summed E-state index contributed by atoms with van der Waals surface area (Å²) in [7, 11) is 1.62. The lowest BCUT2D eigenvalue weighted by Gasteiger charge is -2.24. The molecule has 0 fully saturated rings. The third kappa shape index (κ3) is 4.06. The number of thiophene rings is 1. The molecule has 0 saturated heterocycles. The van der Waals surface area contributed by atoms with E-state index in [1.165, 1.54) is 0 Å². The summed E-state index contributed by atoms with van der Waals surface area (Å²) in [4.78, 5) is 16.2. The second-order valence-electron chi connectivity index (χ2n) is 5.60. The summed E-state index contributed by atoms with van der Waals surface area (Å²) in [6.45, 7) is 2.91. The van der Waals surface area contributed by atoms with Gasteiger partial charge in [0.2, 0.25) is 0 Å². The molecule has 0 saturated carbocycles. The topological polar surface area (TPSA) is 38.8 Å². The lowest BCUT2D eigenvalue weighted by molar-refractivity contribution is 0.0981. The smallest absolute Gasteiger partial charge is 0.262 e. The molecule has 0 atom stereocenters. The molecule has 0 aliphatic heterocycles. The first-order valence-corrected chi connectivity index (χ1v) is 9.31. The van der Waals surface area contributed by atoms with E-state index in [-0.39, 0.29) is 5.91 Å². The van der Waals surface area contributed by atoms with Gasteiger partial charge in [0.25, 0.3) is 5.91 Å². The van der Waals surface area contributed by atoms with E-state index in [0.717, 1.165) is 10.6 Å². The number of benzene rings is 2. The predicted octanol–water partition coefficient (Wildman–Crippen LogP) is 5.00. The normalized spacial score (nSPS) is 10.4. The SMILES string of the molecule is CCOc1ccccc1C(=O)N(Cc1cccs1)c1cccc(OC)c1. The molecule has 0 aliphatic carbocycles. The lowest BCUT2D eigenvalue weighted by atomic mass is 10.1. The Morgan fingerprint density at radius 2 is 1.92 bits per heavy atom. The summed E-state index contributed by atoms with van der Waals surface area (Å²) in [5, 5.41) is 2.01. The van der Waals surface area contributed by atoms with Gasteiger partial charge in [0.15, 0.2) is 0 Å². The number of rotatable bonds is 7. The minimum atomic E-state index is -0.101. The number of amides is 1. The van der Waals surface area contributed by atoms with Crippen LogP contribution in [-0.2, 0) is 6.54 Å². The summed E-state index contributed by atoms with van der Waals surface area (Å²) in [6, 6.07) is 18.9. The van der Waals surface area contributed by atoms with Crippen LogP contribution in [0.5, 0.6) is 11.5 Å². The number of ether oxygens (including phenoxy) is 2. The molecular formula is C21H21NO3S. The Kier molecular flexibility index (Phi) is 5.92. The van der Waals surface area contributed by atoms with Crippen LogP contribution < -0.4 is 14.4 Å². The molecule has 2 aromatic carbocycles. The first-order chi connectivity index (χ1) is 12.7. The van der Waals surface area contributed by atoms with E-state index < -0.39 is 0 Å². The molecule has 4 nitrogen and oxygen atoms in total. The Balaban J connectivity index is 2.01. The fourth-order valence-electron chi connectivity index (χ4n) is 2.69. The van der Waals surface area contributed by atoms with E-state index in [1.54, 1.807) is 29.4 Å². The van der Waals surface area contributed by atoms with Gasteiger partial charge < -0.3 is 14.4 Å². The quantitative estimate of drug-likeness (QED) is 0.590. The van der Waals surface area contributed by atoms with Crippen LogP contribution >= 0.6 is 11.3 Å². The maximum absolute atomic E-state index is 13.4. The third-order valence-corrected chi connectivity index (χ3v) is 4.78. The maximum Gasteiger partial charge on any atom is 0.262 e. The van der Waals surface area contributed by atoms with E-state index in [1.807, 2.05) is 66.9 Å². The van der Waals surface area contributed by atoms with E-state index in [9.17, 15) is 4.79 Å². The van der Waals surface area contributed by atoms with E-state index in [2.05, 4.69) is 0 Å². The summed E-state index contributed by atoms with van der Waals surface area (Å²) in [5.74, 6) is 1.21. The molecule has 134 valence electrons. The lowest BCUT2D eigenvalue weighted by Crippen LogP contribution is -2.30. The Hall–Kier alpha value is -2.79. The first-order valence-electron chi connectivity index (χ1n) is 8.43. The van der Waals surface area contributed by atoms with Crippen LogP contribution in [0.3, 0.4) is 0 Å². The number of para-hydroxylation sites is 1. The predicted molar refractivity (Wildman–Crippen MR) is 105 cm³/mol. The highest BCUT2D eigenvalue weighted by Gasteiger charge is 2.22. The van der Waals surface area contributed by atoms with Crippen LogP contribution in [0.4, 0.5) is 5.69 Å². The number of carbonyl (C=O) groups is 1. The Morgan fingerprint density at radius 3 is 2.65 bits per heavy atom. The molecule has 5 heteroatoms. The van der Waals surface area contributed by atoms with Gasteiger partial charge in [-0.2, -0.15) is 0 Å². The Morgan fingerprint density at radius 1 is 1.08 bits per heavy atom. The highest BCUT2D eigenvalue weighted by Crippen LogP contribution is 2.28. The fraction of sp³-hybridized carbons (Fsp3) is 0.190. The maximum atomic E-state index is 13.4. The van der Waals surface area contributed by atoms with E-state index in [4.69, 9.17) is 9.47 Å². The zero-order valence-electron chi connectivity index (χ0n) is 14.8. The second-order valence-corrected chi connectivity index (χ2v) is 6.63. The van der Waals surface area contributed by atoms with Crippen LogP contribution in [0.1, 0.15) is 22.2 Å². The van der Waals surface area contributed by atoms with Crippen LogP contribution in [0.15, 0.2) is 66.0 Å². The molecule has 1 amide bonds. The van der Waals surface area contributed by atoms with Gasteiger partial charge in [-0.05, 0) is 42.6 Å². The van der Waals surface area contributed by atoms with Crippen molar-refractivity contribution in [3.63, 3.8) is 0 Å². The number of methoxy groups -OCH3 is 1. The van der Waals surface area contributed by atoms with Gasteiger partial charge in [0, 0.05) is 16.6 Å². The highest BCUT2D eigenvalue weighted by molar-refractivity contribution is 7.09. The molecule has 1 aromatic heterocycles. The molecule has 0 spiro atoms. The monoisotopic (exact) mass is 367 g/mol. The number of carbonyl (C=O) groups excluding carboxylic acids is 1. The van der Waals surface area contributed by atoms with Gasteiger partial charge in [-0.25, -0.2) is 0 Å². The van der Waals surface area contributed by atoms with Gasteiger partial charge in [-0.15, -0.1) is 11.3 Å². The molecule has 0 aliphatic rings. The van der Waals surface area contributed by atoms with E-state index >= 15 is 0 Å². The van der Waals surface area contributed by atoms with E-state index in [0.29, 0.717) is 30.2 Å².